The molecule has 5 rings (SSSR count). The Morgan fingerprint density at radius 1 is 1.18 bits per heavy atom. The molecule has 0 unspecified atom stereocenters. The van der Waals surface area contributed by atoms with Crippen LogP contribution in [-0.2, 0) is 23.4 Å². The monoisotopic (exact) mass is 648 g/mol. The highest BCUT2D eigenvalue weighted by atomic mass is 31.2. The summed E-state index contributed by atoms with van der Waals surface area (Å²) in [4.78, 5) is 25.3. The minimum absolute atomic E-state index is 0.0997. The van der Waals surface area contributed by atoms with Gasteiger partial charge in [0.1, 0.15) is 24.2 Å². The number of ether oxygens (including phenoxy) is 2. The summed E-state index contributed by atoms with van der Waals surface area (Å²) < 4.78 is 69.9. The van der Waals surface area contributed by atoms with Gasteiger partial charge < -0.3 is 24.4 Å². The normalized spacial score (nSPS) is 25.4. The SMILES string of the molecule is CNc1nc(C)nc2c1ncn2[C@@H]1O[C@](F)(CO[P@](=O)(N[C@@H](C)C(=O)OC(C)C)Oc2cccc3ccccc23)[C@@H](O)[C@@]1(C)F. The van der Waals surface area contributed by atoms with Gasteiger partial charge in [0.25, 0.3) is 5.85 Å². The second-order valence-corrected chi connectivity index (χ2v) is 12.9. The van der Waals surface area contributed by atoms with Crippen LogP contribution >= 0.6 is 7.75 Å². The van der Waals surface area contributed by atoms with E-state index in [-0.39, 0.29) is 16.9 Å². The Bertz CT molecular complexity index is 1770. The first-order valence-corrected chi connectivity index (χ1v) is 15.7. The largest absolute Gasteiger partial charge is 0.462 e. The van der Waals surface area contributed by atoms with E-state index in [2.05, 4.69) is 25.4 Å². The molecule has 4 aromatic rings. The number of hydrogen-bond donors (Lipinski definition) is 3. The number of aryl methyl sites for hydroxylation is 1. The van der Waals surface area contributed by atoms with Gasteiger partial charge in [0.05, 0.1) is 12.4 Å². The second-order valence-electron chi connectivity index (χ2n) is 11.2. The topological polar surface area (TPSA) is 159 Å². The number of carbonyl (C=O) groups is 1. The minimum atomic E-state index is -4.65. The molecule has 45 heavy (non-hydrogen) atoms. The predicted octanol–water partition coefficient (Wildman–Crippen LogP) is 4.75. The van der Waals surface area contributed by atoms with E-state index < -0.39 is 56.3 Å². The molecule has 2 aromatic heterocycles. The van der Waals surface area contributed by atoms with Crippen LogP contribution in [0, 0.1) is 6.92 Å². The van der Waals surface area contributed by atoms with E-state index in [1.54, 1.807) is 64.2 Å². The predicted molar refractivity (Wildman–Crippen MR) is 161 cm³/mol. The van der Waals surface area contributed by atoms with E-state index in [4.69, 9.17) is 18.5 Å². The van der Waals surface area contributed by atoms with Crippen LogP contribution in [-0.4, -0.2) is 74.0 Å². The maximum absolute atomic E-state index is 16.4. The van der Waals surface area contributed by atoms with Gasteiger partial charge in [-0.3, -0.25) is 13.9 Å². The molecule has 0 bridgehead atoms. The first-order valence-electron chi connectivity index (χ1n) is 14.2. The van der Waals surface area contributed by atoms with Gasteiger partial charge in [-0.25, -0.2) is 28.3 Å². The summed E-state index contributed by atoms with van der Waals surface area (Å²) in [5.74, 6) is -3.23. The molecule has 0 amide bonds. The third kappa shape index (κ3) is 6.36. The summed E-state index contributed by atoms with van der Waals surface area (Å²) in [6.07, 6.45) is -3.47. The first-order chi connectivity index (χ1) is 21.2. The Morgan fingerprint density at radius 2 is 1.89 bits per heavy atom. The van der Waals surface area contributed by atoms with Crippen LogP contribution < -0.4 is 14.9 Å². The summed E-state index contributed by atoms with van der Waals surface area (Å²) in [6.45, 7) is 5.95. The molecule has 0 saturated carbocycles. The number of esters is 1. The number of imidazole rings is 1. The molecule has 16 heteroatoms. The van der Waals surface area contributed by atoms with Crippen LogP contribution in [0.4, 0.5) is 14.6 Å². The number of nitrogens with zero attached hydrogens (tertiary/aromatic N) is 4. The van der Waals surface area contributed by atoms with Gasteiger partial charge >= 0.3 is 13.7 Å². The van der Waals surface area contributed by atoms with Crippen molar-refractivity contribution in [3.8, 4) is 5.75 Å². The Balaban J connectivity index is 1.45. The highest BCUT2D eigenvalue weighted by Crippen LogP contribution is 2.52. The molecule has 13 nitrogen and oxygen atoms in total. The summed E-state index contributed by atoms with van der Waals surface area (Å²) >= 11 is 0. The van der Waals surface area contributed by atoms with Crippen molar-refractivity contribution < 1.29 is 41.8 Å². The number of alkyl halides is 2. The molecule has 6 atom stereocenters. The number of nitrogens with one attached hydrogen (secondary N) is 2. The van der Waals surface area contributed by atoms with Crippen molar-refractivity contribution in [2.45, 2.75) is 70.6 Å². The van der Waals surface area contributed by atoms with E-state index >= 15 is 8.78 Å². The molecule has 0 spiro atoms. The van der Waals surface area contributed by atoms with Crippen molar-refractivity contribution in [3.63, 3.8) is 0 Å². The molecule has 1 aliphatic rings. The Labute approximate surface area is 257 Å². The smallest absolute Gasteiger partial charge is 0.459 e. The molecule has 1 fully saturated rings. The molecular formula is C29H35F2N6O7P. The summed E-state index contributed by atoms with van der Waals surface area (Å²) in [5, 5.41) is 17.6. The summed E-state index contributed by atoms with van der Waals surface area (Å²) in [7, 11) is -3.03. The highest BCUT2D eigenvalue weighted by molar-refractivity contribution is 7.52. The Kier molecular flexibility index (Phi) is 8.86. The van der Waals surface area contributed by atoms with E-state index in [1.165, 1.54) is 19.3 Å². The molecule has 1 saturated heterocycles. The van der Waals surface area contributed by atoms with Crippen molar-refractivity contribution in [3.05, 3.63) is 54.6 Å². The summed E-state index contributed by atoms with van der Waals surface area (Å²) in [6, 6.07) is 10.8. The van der Waals surface area contributed by atoms with Gasteiger partial charge in [-0.1, -0.05) is 36.4 Å². The standard InChI is InChI=1S/C29H35F2N6O7P/c1-16(2)42-25(38)17(3)36-45(40,44-21-13-9-11-19-10-7-8-12-20(19)21)41-14-29(31)26(39)28(5,30)27(43-29)37-15-33-22-23(32-6)34-18(4)35-24(22)37/h7-13,15-17,26-27,39H,14H2,1-6H3,(H,36,40)(H,32,34,35)/t17-,26-,27+,28+,29+,45+/m0/s1. The average molecular weight is 649 g/mol. The van der Waals surface area contributed by atoms with Crippen molar-refractivity contribution >= 4 is 41.5 Å². The fourth-order valence-corrected chi connectivity index (χ4v) is 6.55. The number of aliphatic hydroxyl groups is 1. The van der Waals surface area contributed by atoms with E-state index in [0.29, 0.717) is 17.0 Å². The third-order valence-corrected chi connectivity index (χ3v) is 8.82. The van der Waals surface area contributed by atoms with Crippen LogP contribution in [0.1, 0.15) is 39.7 Å². The molecule has 2 aromatic carbocycles. The first kappa shape index (κ1) is 32.6. The zero-order chi connectivity index (χ0) is 32.7. The number of rotatable bonds is 11. The lowest BCUT2D eigenvalue weighted by Gasteiger charge is -2.28. The third-order valence-electron chi connectivity index (χ3n) is 7.21. The molecule has 3 heterocycles. The molecule has 1 aliphatic heterocycles. The van der Waals surface area contributed by atoms with Gasteiger partial charge in [0.15, 0.2) is 35.0 Å². The maximum atomic E-state index is 16.4. The number of hydrogen-bond acceptors (Lipinski definition) is 11. The lowest BCUT2D eigenvalue weighted by atomic mass is 9.97. The van der Waals surface area contributed by atoms with Crippen LogP contribution in [0.5, 0.6) is 5.75 Å². The number of benzene rings is 2. The van der Waals surface area contributed by atoms with E-state index in [9.17, 15) is 14.5 Å². The second kappa shape index (κ2) is 12.2. The van der Waals surface area contributed by atoms with Gasteiger partial charge in [-0.05, 0) is 46.1 Å². The van der Waals surface area contributed by atoms with Crippen LogP contribution in [0.25, 0.3) is 21.9 Å². The van der Waals surface area contributed by atoms with Crippen molar-refractivity contribution in [1.29, 1.82) is 0 Å². The van der Waals surface area contributed by atoms with Gasteiger partial charge in [0.2, 0.25) is 0 Å². The van der Waals surface area contributed by atoms with Crippen molar-refractivity contribution in [2.24, 2.45) is 0 Å². The molecule has 3 N–H and O–H groups in total. The van der Waals surface area contributed by atoms with Gasteiger partial charge in [-0.15, -0.1) is 0 Å². The van der Waals surface area contributed by atoms with Crippen LogP contribution in [0.3, 0.4) is 0 Å². The number of carbonyl (C=O) groups excluding carboxylic acids is 1. The Morgan fingerprint density at radius 3 is 2.60 bits per heavy atom. The lowest BCUT2D eigenvalue weighted by molar-refractivity contribution is -0.202. The van der Waals surface area contributed by atoms with Crippen molar-refractivity contribution in [2.75, 3.05) is 19.0 Å². The quantitative estimate of drug-likeness (QED) is 0.152. The van der Waals surface area contributed by atoms with E-state index in [0.717, 1.165) is 16.9 Å². The molecular weight excluding hydrogens is 613 g/mol. The fraction of sp³-hybridized carbons (Fsp3) is 0.448. The molecule has 0 aliphatic carbocycles. The minimum Gasteiger partial charge on any atom is -0.462 e. The van der Waals surface area contributed by atoms with Crippen molar-refractivity contribution in [1.82, 2.24) is 24.6 Å². The average Bonchev–Trinajstić information content (AvgIpc) is 3.48. The lowest BCUT2D eigenvalue weighted by Crippen LogP contribution is -2.47. The number of fused-ring (bicyclic) bond motifs is 2. The molecule has 242 valence electrons. The fourth-order valence-electron chi connectivity index (χ4n) is 5.03. The summed E-state index contributed by atoms with van der Waals surface area (Å²) in [5.41, 5.74) is -2.35. The van der Waals surface area contributed by atoms with Crippen LogP contribution in [0.2, 0.25) is 0 Å². The van der Waals surface area contributed by atoms with E-state index in [1.807, 2.05) is 0 Å². The Hall–Kier alpha value is -3.75. The zero-order valence-electron chi connectivity index (χ0n) is 25.5. The highest BCUT2D eigenvalue weighted by Gasteiger charge is 2.65. The molecule has 0 radical (unpaired) electrons. The zero-order valence-corrected chi connectivity index (χ0v) is 26.4. The number of aliphatic hydroxyl groups excluding tert-OH is 1. The van der Waals surface area contributed by atoms with Gasteiger partial charge in [0, 0.05) is 12.4 Å². The number of anilines is 1. The van der Waals surface area contributed by atoms with Gasteiger partial charge in [-0.2, -0.15) is 5.09 Å². The number of halogens is 2. The maximum Gasteiger partial charge on any atom is 0.459 e. The van der Waals surface area contributed by atoms with Crippen LogP contribution in [0.15, 0.2) is 48.8 Å². The number of aromatic nitrogens is 4.